The van der Waals surface area contributed by atoms with Crippen LogP contribution in [0.2, 0.25) is 0 Å². The summed E-state index contributed by atoms with van der Waals surface area (Å²) in [4.78, 5) is 0. The number of rotatable bonds is 1. The molecule has 1 rings (SSSR count). The van der Waals surface area contributed by atoms with E-state index in [-0.39, 0.29) is 6.54 Å². The maximum absolute atomic E-state index is 8.24. The number of benzene rings is 1. The molecule has 0 fully saturated rings. The molecule has 0 amide bonds. The predicted molar refractivity (Wildman–Crippen MR) is 67.9 cm³/mol. The first-order chi connectivity index (χ1) is 8.43. The Morgan fingerprint density at radius 3 is 2.24 bits per heavy atom. The summed E-state index contributed by atoms with van der Waals surface area (Å²) in [6.07, 6.45) is 1.06. The number of hydrogen-bond acceptors (Lipinski definition) is 2. The Labute approximate surface area is 102 Å². The molecule has 2 nitrogen and oxygen atoms in total. The van der Waals surface area contributed by atoms with Crippen molar-refractivity contribution in [1.29, 1.82) is 0 Å². The molecule has 84 valence electrons. The van der Waals surface area contributed by atoms with Gasteiger partial charge in [-0.25, -0.2) is 0 Å². The normalized spacial score (nSPS) is 7.82. The fourth-order valence-electron chi connectivity index (χ4n) is 1.05. The lowest BCUT2D eigenvalue weighted by Crippen LogP contribution is -2.05. The molecule has 0 saturated carbocycles. The van der Waals surface area contributed by atoms with Crippen LogP contribution in [-0.4, -0.2) is 11.8 Å². The van der Waals surface area contributed by atoms with Crippen LogP contribution in [0.25, 0.3) is 0 Å². The van der Waals surface area contributed by atoms with Crippen LogP contribution in [0.1, 0.15) is 18.4 Å². The third kappa shape index (κ3) is 6.82. The van der Waals surface area contributed by atoms with Crippen molar-refractivity contribution in [2.45, 2.75) is 12.8 Å². The van der Waals surface area contributed by atoms with Crippen LogP contribution in [-0.2, 0) is 0 Å². The Morgan fingerprint density at radius 1 is 0.882 bits per heavy atom. The van der Waals surface area contributed by atoms with Gasteiger partial charge in [0.15, 0.2) is 0 Å². The van der Waals surface area contributed by atoms with Gasteiger partial charge in [0.1, 0.15) is 0 Å². The van der Waals surface area contributed by atoms with Gasteiger partial charge in [-0.2, -0.15) is 5.48 Å². The molecule has 0 spiro atoms. The van der Waals surface area contributed by atoms with Crippen molar-refractivity contribution in [3.8, 4) is 35.5 Å². The van der Waals surface area contributed by atoms with Crippen LogP contribution in [0.5, 0.6) is 0 Å². The second-order valence-electron chi connectivity index (χ2n) is 3.06. The van der Waals surface area contributed by atoms with Crippen molar-refractivity contribution in [2.24, 2.45) is 0 Å². The fraction of sp³-hybridized carbons (Fsp3) is 0.200. The van der Waals surface area contributed by atoms with E-state index >= 15 is 0 Å². The third-order valence-corrected chi connectivity index (χ3v) is 1.78. The highest BCUT2D eigenvalue weighted by molar-refractivity contribution is 5.34. The minimum atomic E-state index is 0.273. The topological polar surface area (TPSA) is 32.3 Å². The first-order valence-corrected chi connectivity index (χ1v) is 5.26. The Bertz CT molecular complexity index is 500. The van der Waals surface area contributed by atoms with Gasteiger partial charge in [-0.15, -0.1) is 0 Å². The van der Waals surface area contributed by atoms with Gasteiger partial charge in [-0.1, -0.05) is 53.7 Å². The smallest absolute Gasteiger partial charge is 0.0818 e. The zero-order valence-electron chi connectivity index (χ0n) is 9.46. The van der Waals surface area contributed by atoms with E-state index in [1.807, 2.05) is 35.8 Å². The predicted octanol–water partition coefficient (Wildman–Crippen LogP) is 1.80. The van der Waals surface area contributed by atoms with E-state index in [1.54, 1.807) is 0 Å². The Kier molecular flexibility index (Phi) is 6.88. The first kappa shape index (κ1) is 12.9. The van der Waals surface area contributed by atoms with E-state index < -0.39 is 0 Å². The molecule has 2 heteroatoms. The van der Waals surface area contributed by atoms with Crippen molar-refractivity contribution >= 4 is 0 Å². The number of hydroxylamine groups is 1. The second kappa shape index (κ2) is 9.08. The van der Waals surface area contributed by atoms with E-state index in [0.29, 0.717) is 12.8 Å². The van der Waals surface area contributed by atoms with Gasteiger partial charge < -0.3 is 5.21 Å². The van der Waals surface area contributed by atoms with E-state index in [0.717, 1.165) is 5.56 Å². The van der Waals surface area contributed by atoms with Gasteiger partial charge in [-0.3, -0.25) is 0 Å². The van der Waals surface area contributed by atoms with Crippen molar-refractivity contribution in [2.75, 3.05) is 6.54 Å². The van der Waals surface area contributed by atoms with Crippen molar-refractivity contribution in [1.82, 2.24) is 5.48 Å². The molecule has 0 atom stereocenters. The summed E-state index contributed by atoms with van der Waals surface area (Å²) in [5.74, 6) is 17.3. The average Bonchev–Trinajstić information content (AvgIpc) is 2.38. The lowest BCUT2D eigenvalue weighted by molar-refractivity contribution is 0.181. The first-order valence-electron chi connectivity index (χ1n) is 5.26. The van der Waals surface area contributed by atoms with Crippen LogP contribution in [0.15, 0.2) is 30.3 Å². The maximum atomic E-state index is 8.24. The molecule has 0 saturated heterocycles. The van der Waals surface area contributed by atoms with Gasteiger partial charge >= 0.3 is 0 Å². The Morgan fingerprint density at radius 2 is 1.53 bits per heavy atom. The third-order valence-electron chi connectivity index (χ3n) is 1.78. The zero-order chi connectivity index (χ0) is 12.2. The van der Waals surface area contributed by atoms with Crippen LogP contribution >= 0.6 is 0 Å². The quantitative estimate of drug-likeness (QED) is 0.562. The highest BCUT2D eigenvalue weighted by atomic mass is 16.5. The maximum Gasteiger partial charge on any atom is 0.0818 e. The van der Waals surface area contributed by atoms with E-state index in [4.69, 9.17) is 5.21 Å². The molecule has 0 aliphatic heterocycles. The summed E-state index contributed by atoms with van der Waals surface area (Å²) in [7, 11) is 0. The number of nitrogens with one attached hydrogen (secondary N) is 1. The molecular weight excluding hydrogens is 210 g/mol. The lowest BCUT2D eigenvalue weighted by atomic mass is 10.2. The van der Waals surface area contributed by atoms with Crippen LogP contribution in [0.3, 0.4) is 0 Å². The highest BCUT2D eigenvalue weighted by Gasteiger charge is 1.79. The summed E-state index contributed by atoms with van der Waals surface area (Å²) in [5, 5.41) is 8.24. The summed E-state index contributed by atoms with van der Waals surface area (Å²) < 4.78 is 0. The molecular formula is C15H13NO. The van der Waals surface area contributed by atoms with E-state index in [2.05, 4.69) is 35.5 Å². The second-order valence-corrected chi connectivity index (χ2v) is 3.06. The minimum Gasteiger partial charge on any atom is -0.316 e. The average molecular weight is 223 g/mol. The van der Waals surface area contributed by atoms with E-state index in [9.17, 15) is 0 Å². The SMILES string of the molecule is ONCC#CCC#CCC#Cc1ccccc1. The summed E-state index contributed by atoms with van der Waals surface area (Å²) in [6, 6.07) is 9.81. The minimum absolute atomic E-state index is 0.273. The zero-order valence-corrected chi connectivity index (χ0v) is 9.46. The van der Waals surface area contributed by atoms with Gasteiger partial charge in [0, 0.05) is 5.56 Å². The molecule has 17 heavy (non-hydrogen) atoms. The van der Waals surface area contributed by atoms with Crippen molar-refractivity contribution in [3.05, 3.63) is 35.9 Å². The number of hydrogen-bond donors (Lipinski definition) is 2. The molecule has 0 aromatic heterocycles. The van der Waals surface area contributed by atoms with Gasteiger partial charge in [-0.05, 0) is 12.1 Å². The largest absolute Gasteiger partial charge is 0.316 e. The molecule has 0 aliphatic carbocycles. The van der Waals surface area contributed by atoms with Gasteiger partial charge in [0.25, 0.3) is 0 Å². The molecule has 0 heterocycles. The lowest BCUT2D eigenvalue weighted by Gasteiger charge is -1.84. The molecule has 0 bridgehead atoms. The van der Waals surface area contributed by atoms with Crippen molar-refractivity contribution < 1.29 is 5.21 Å². The van der Waals surface area contributed by atoms with Crippen LogP contribution in [0.4, 0.5) is 0 Å². The molecule has 0 aliphatic rings. The molecule has 1 aromatic rings. The van der Waals surface area contributed by atoms with Gasteiger partial charge in [0.05, 0.1) is 19.4 Å². The highest BCUT2D eigenvalue weighted by Crippen LogP contribution is 1.94. The Balaban J connectivity index is 2.27. The van der Waals surface area contributed by atoms with Gasteiger partial charge in [0.2, 0.25) is 0 Å². The summed E-state index contributed by atoms with van der Waals surface area (Å²) in [5.41, 5.74) is 2.96. The van der Waals surface area contributed by atoms with Crippen LogP contribution in [0, 0.1) is 35.5 Å². The van der Waals surface area contributed by atoms with Crippen LogP contribution < -0.4 is 5.48 Å². The monoisotopic (exact) mass is 223 g/mol. The van der Waals surface area contributed by atoms with E-state index in [1.165, 1.54) is 0 Å². The molecule has 2 N–H and O–H groups in total. The molecule has 1 aromatic carbocycles. The Hall–Kier alpha value is -2.18. The van der Waals surface area contributed by atoms with Crippen molar-refractivity contribution in [3.63, 3.8) is 0 Å². The molecule has 0 unspecified atom stereocenters. The molecule has 0 radical (unpaired) electrons. The summed E-state index contributed by atoms with van der Waals surface area (Å²) in [6.45, 7) is 0.273. The standard InChI is InChI=1S/C15H13NO/c17-16-14-10-5-3-1-2-4-7-11-15-12-8-6-9-13-15/h6,8-9,12-13,16-17H,3-4,14H2. The fourth-order valence-corrected chi connectivity index (χ4v) is 1.05. The summed E-state index contributed by atoms with van der Waals surface area (Å²) >= 11 is 0.